The number of carbonyl (C=O) groups is 2. The van der Waals surface area contributed by atoms with E-state index < -0.39 is 17.7 Å². The fourth-order valence-electron chi connectivity index (χ4n) is 2.25. The number of nitrogens with zero attached hydrogens (tertiary/aromatic N) is 2. The third-order valence-electron chi connectivity index (χ3n) is 3.24. The third-order valence-corrected chi connectivity index (χ3v) is 4.39. The van der Waals surface area contributed by atoms with Crippen LogP contribution in [0.1, 0.15) is 49.5 Å². The van der Waals surface area contributed by atoms with Crippen LogP contribution in [0.25, 0.3) is 0 Å². The van der Waals surface area contributed by atoms with Crippen molar-refractivity contribution in [1.29, 1.82) is 0 Å². The molecule has 0 spiro atoms. The van der Waals surface area contributed by atoms with Crippen LogP contribution in [0.5, 0.6) is 0 Å². The van der Waals surface area contributed by atoms with Crippen LogP contribution in [0.15, 0.2) is 0 Å². The molecular formula is C15H23N3O4S. The molecule has 0 unspecified atom stereocenters. The Balaban J connectivity index is 1.91. The number of carboxylic acid groups (broad SMARTS) is 1. The van der Waals surface area contributed by atoms with Gasteiger partial charge in [-0.2, -0.15) is 0 Å². The van der Waals surface area contributed by atoms with E-state index in [1.807, 2.05) is 32.6 Å². The van der Waals surface area contributed by atoms with Crippen molar-refractivity contribution in [3.63, 3.8) is 0 Å². The minimum absolute atomic E-state index is 0.00310. The van der Waals surface area contributed by atoms with Gasteiger partial charge in [0.1, 0.15) is 10.5 Å². The number of aromatic carboxylic acids is 1. The molecule has 2 rings (SSSR count). The monoisotopic (exact) mass is 341 g/mol. The summed E-state index contributed by atoms with van der Waals surface area (Å²) in [6.07, 6.45) is 1.08. The Morgan fingerprint density at radius 1 is 1.43 bits per heavy atom. The van der Waals surface area contributed by atoms with Crippen molar-refractivity contribution in [1.82, 2.24) is 10.3 Å². The molecule has 23 heavy (non-hydrogen) atoms. The molecule has 0 aliphatic carbocycles. The quantitative estimate of drug-likeness (QED) is 0.855. The number of thiazole rings is 1. The molecule has 1 aliphatic rings. The molecule has 1 aliphatic heterocycles. The lowest BCUT2D eigenvalue weighted by molar-refractivity contribution is 0.0495. The van der Waals surface area contributed by atoms with Crippen LogP contribution in [-0.2, 0) is 11.2 Å². The Morgan fingerprint density at radius 2 is 2.09 bits per heavy atom. The van der Waals surface area contributed by atoms with Crippen LogP contribution in [0, 0.1) is 0 Å². The summed E-state index contributed by atoms with van der Waals surface area (Å²) >= 11 is 1.19. The molecule has 0 saturated carbocycles. The number of ether oxygens (including phenoxy) is 1. The van der Waals surface area contributed by atoms with E-state index in [4.69, 9.17) is 4.74 Å². The number of carbonyl (C=O) groups excluding carboxylic acids is 1. The maximum absolute atomic E-state index is 11.7. The minimum atomic E-state index is -0.929. The summed E-state index contributed by atoms with van der Waals surface area (Å²) in [7, 11) is 0. The number of hydrogen-bond donors (Lipinski definition) is 2. The Kier molecular flexibility index (Phi) is 5.13. The lowest BCUT2D eigenvalue weighted by Crippen LogP contribution is -2.60. The highest BCUT2D eigenvalue weighted by atomic mass is 32.1. The lowest BCUT2D eigenvalue weighted by atomic mass is 10.1. The van der Waals surface area contributed by atoms with Crippen LogP contribution < -0.4 is 10.2 Å². The normalized spacial score (nSPS) is 15.2. The number of carboxylic acids is 1. The van der Waals surface area contributed by atoms with Gasteiger partial charge in [-0.3, -0.25) is 0 Å². The second kappa shape index (κ2) is 6.74. The molecule has 1 amide bonds. The van der Waals surface area contributed by atoms with Crippen LogP contribution in [-0.4, -0.2) is 46.9 Å². The summed E-state index contributed by atoms with van der Waals surface area (Å²) in [5.41, 5.74) is 0.123. The van der Waals surface area contributed by atoms with Gasteiger partial charge in [-0.25, -0.2) is 14.6 Å². The maximum atomic E-state index is 11.7. The Hall–Kier alpha value is -1.83. The van der Waals surface area contributed by atoms with Crippen LogP contribution >= 0.6 is 11.3 Å². The second-order valence-electron chi connectivity index (χ2n) is 6.58. The van der Waals surface area contributed by atoms with Gasteiger partial charge in [0.05, 0.1) is 11.7 Å². The van der Waals surface area contributed by atoms with Gasteiger partial charge in [-0.1, -0.05) is 24.7 Å². The molecule has 0 aromatic carbocycles. The average molecular weight is 341 g/mol. The molecule has 128 valence electrons. The van der Waals surface area contributed by atoms with E-state index in [2.05, 4.69) is 10.3 Å². The largest absolute Gasteiger partial charge is 0.477 e. The van der Waals surface area contributed by atoms with Gasteiger partial charge in [0.2, 0.25) is 0 Å². The smallest absolute Gasteiger partial charge is 0.407 e. The van der Waals surface area contributed by atoms with Gasteiger partial charge in [-0.15, -0.1) is 0 Å². The molecule has 0 atom stereocenters. The number of anilines is 1. The molecule has 2 heterocycles. The number of alkyl carbamates (subject to hydrolysis) is 1. The first kappa shape index (κ1) is 17.5. The number of aryl methyl sites for hydroxylation is 1. The van der Waals surface area contributed by atoms with Gasteiger partial charge in [0.25, 0.3) is 0 Å². The van der Waals surface area contributed by atoms with Crippen LogP contribution in [0.2, 0.25) is 0 Å². The summed E-state index contributed by atoms with van der Waals surface area (Å²) < 4.78 is 5.21. The van der Waals surface area contributed by atoms with E-state index in [1.165, 1.54) is 11.3 Å². The Bertz CT molecular complexity index is 588. The standard InChI is InChI=1S/C15H23N3O4S/c1-5-6-10-11(12(19)20)23-13(17-10)18-7-9(8-18)16-14(21)22-15(2,3)4/h9H,5-8H2,1-4H3,(H,16,21)(H,19,20). The van der Waals surface area contributed by atoms with Gasteiger partial charge in [0, 0.05) is 13.1 Å². The van der Waals surface area contributed by atoms with Gasteiger partial charge >= 0.3 is 12.1 Å². The first-order chi connectivity index (χ1) is 10.7. The molecule has 1 aromatic heterocycles. The number of nitrogens with one attached hydrogen (secondary N) is 1. The van der Waals surface area contributed by atoms with Crippen molar-refractivity contribution in [2.75, 3.05) is 18.0 Å². The molecule has 8 heteroatoms. The SMILES string of the molecule is CCCc1nc(N2CC(NC(=O)OC(C)(C)C)C2)sc1C(=O)O. The zero-order valence-electron chi connectivity index (χ0n) is 13.9. The molecule has 0 bridgehead atoms. The zero-order chi connectivity index (χ0) is 17.2. The number of aromatic nitrogens is 1. The van der Waals surface area contributed by atoms with E-state index in [0.29, 0.717) is 35.2 Å². The summed E-state index contributed by atoms with van der Waals surface area (Å²) in [5.74, 6) is -0.929. The van der Waals surface area contributed by atoms with E-state index in [9.17, 15) is 14.7 Å². The highest BCUT2D eigenvalue weighted by molar-refractivity contribution is 7.17. The van der Waals surface area contributed by atoms with Gasteiger partial charge < -0.3 is 20.1 Å². The number of amides is 1. The topological polar surface area (TPSA) is 91.8 Å². The Labute approximate surface area is 139 Å². The fraction of sp³-hybridized carbons (Fsp3) is 0.667. The fourth-order valence-corrected chi connectivity index (χ4v) is 3.22. The van der Waals surface area contributed by atoms with Crippen molar-refractivity contribution < 1.29 is 19.4 Å². The van der Waals surface area contributed by atoms with Crippen molar-refractivity contribution in [3.05, 3.63) is 10.6 Å². The van der Waals surface area contributed by atoms with Crippen molar-refractivity contribution in [2.45, 2.75) is 52.2 Å². The summed E-state index contributed by atoms with van der Waals surface area (Å²) in [5, 5.41) is 12.7. The Morgan fingerprint density at radius 3 is 2.61 bits per heavy atom. The highest BCUT2D eigenvalue weighted by Crippen LogP contribution is 2.30. The molecule has 1 aromatic rings. The predicted octanol–water partition coefficient (Wildman–Crippen LogP) is 2.51. The molecule has 2 N–H and O–H groups in total. The third kappa shape index (κ3) is 4.57. The number of hydrogen-bond acceptors (Lipinski definition) is 6. The average Bonchev–Trinajstić information content (AvgIpc) is 2.75. The summed E-state index contributed by atoms with van der Waals surface area (Å²) in [6.45, 7) is 8.66. The molecule has 0 radical (unpaired) electrons. The minimum Gasteiger partial charge on any atom is -0.477 e. The second-order valence-corrected chi connectivity index (χ2v) is 7.55. The highest BCUT2D eigenvalue weighted by Gasteiger charge is 2.32. The van der Waals surface area contributed by atoms with E-state index >= 15 is 0 Å². The van der Waals surface area contributed by atoms with Crippen LogP contribution in [0.3, 0.4) is 0 Å². The zero-order valence-corrected chi connectivity index (χ0v) is 14.7. The summed E-state index contributed by atoms with van der Waals surface area (Å²) in [4.78, 5) is 29.7. The van der Waals surface area contributed by atoms with Crippen molar-refractivity contribution >= 4 is 28.5 Å². The molecular weight excluding hydrogens is 318 g/mol. The van der Waals surface area contributed by atoms with E-state index in [1.54, 1.807) is 0 Å². The summed E-state index contributed by atoms with van der Waals surface area (Å²) in [6, 6.07) is -0.00310. The van der Waals surface area contributed by atoms with Crippen LogP contribution in [0.4, 0.5) is 9.93 Å². The van der Waals surface area contributed by atoms with Gasteiger partial charge in [-0.05, 0) is 27.2 Å². The first-order valence-electron chi connectivity index (χ1n) is 7.67. The van der Waals surface area contributed by atoms with Crippen molar-refractivity contribution in [2.24, 2.45) is 0 Å². The molecule has 1 saturated heterocycles. The number of rotatable bonds is 5. The van der Waals surface area contributed by atoms with Crippen molar-refractivity contribution in [3.8, 4) is 0 Å². The molecule has 7 nitrogen and oxygen atoms in total. The van der Waals surface area contributed by atoms with Gasteiger partial charge in [0.15, 0.2) is 5.13 Å². The first-order valence-corrected chi connectivity index (χ1v) is 8.48. The lowest BCUT2D eigenvalue weighted by Gasteiger charge is -2.39. The molecule has 1 fully saturated rings. The van der Waals surface area contributed by atoms with E-state index in [-0.39, 0.29) is 6.04 Å². The predicted molar refractivity (Wildman–Crippen MR) is 88.4 cm³/mol. The maximum Gasteiger partial charge on any atom is 0.407 e. The van der Waals surface area contributed by atoms with E-state index in [0.717, 1.165) is 6.42 Å².